The van der Waals surface area contributed by atoms with E-state index in [1.54, 1.807) is 0 Å². The van der Waals surface area contributed by atoms with Crippen molar-refractivity contribution in [3.05, 3.63) is 36.5 Å². The van der Waals surface area contributed by atoms with Crippen molar-refractivity contribution in [3.8, 4) is 0 Å². The Hall–Kier alpha value is -2.37. The van der Waals surface area contributed by atoms with E-state index in [1.165, 1.54) is 180 Å². The molecular formula is C59H108O6. The van der Waals surface area contributed by atoms with E-state index in [1.807, 2.05) is 0 Å². The van der Waals surface area contributed by atoms with Crippen LogP contribution in [0.25, 0.3) is 0 Å². The van der Waals surface area contributed by atoms with Crippen LogP contribution in [-0.2, 0) is 28.6 Å². The summed E-state index contributed by atoms with van der Waals surface area (Å²) >= 11 is 0. The highest BCUT2D eigenvalue weighted by molar-refractivity contribution is 5.71. The van der Waals surface area contributed by atoms with E-state index in [0.717, 1.165) is 83.5 Å². The van der Waals surface area contributed by atoms with Crippen LogP contribution in [0, 0.1) is 0 Å². The molecule has 0 amide bonds. The normalized spacial score (nSPS) is 12.2. The second-order valence-corrected chi connectivity index (χ2v) is 19.2. The molecule has 0 aromatic carbocycles. The monoisotopic (exact) mass is 913 g/mol. The summed E-state index contributed by atoms with van der Waals surface area (Å²) < 4.78 is 16.9. The van der Waals surface area contributed by atoms with Crippen LogP contribution in [0.2, 0.25) is 0 Å². The summed E-state index contributed by atoms with van der Waals surface area (Å²) in [7, 11) is 0. The molecule has 0 N–H and O–H groups in total. The number of rotatable bonds is 52. The Balaban J connectivity index is 4.34. The molecule has 0 aliphatic heterocycles. The zero-order valence-electron chi connectivity index (χ0n) is 43.5. The molecular weight excluding hydrogens is 805 g/mol. The topological polar surface area (TPSA) is 78.9 Å². The molecule has 0 radical (unpaired) electrons. The molecule has 0 saturated carbocycles. The van der Waals surface area contributed by atoms with Gasteiger partial charge < -0.3 is 14.2 Å². The molecule has 0 bridgehead atoms. The van der Waals surface area contributed by atoms with Crippen molar-refractivity contribution in [3.63, 3.8) is 0 Å². The van der Waals surface area contributed by atoms with E-state index in [-0.39, 0.29) is 31.1 Å². The molecule has 6 nitrogen and oxygen atoms in total. The fourth-order valence-corrected chi connectivity index (χ4v) is 8.30. The summed E-state index contributed by atoms with van der Waals surface area (Å²) in [5, 5.41) is 0. The largest absolute Gasteiger partial charge is 0.462 e. The third kappa shape index (κ3) is 52.5. The number of allylic oxidation sites excluding steroid dienone is 6. The van der Waals surface area contributed by atoms with Crippen LogP contribution in [0.5, 0.6) is 0 Å². The Labute approximate surface area is 404 Å². The lowest BCUT2D eigenvalue weighted by Gasteiger charge is -2.18. The van der Waals surface area contributed by atoms with E-state index < -0.39 is 6.10 Å². The number of esters is 3. The molecule has 0 spiro atoms. The zero-order chi connectivity index (χ0) is 47.2. The van der Waals surface area contributed by atoms with E-state index >= 15 is 0 Å². The van der Waals surface area contributed by atoms with Gasteiger partial charge in [0, 0.05) is 19.3 Å². The van der Waals surface area contributed by atoms with E-state index in [9.17, 15) is 14.4 Å². The Morgan fingerprint density at radius 3 is 0.923 bits per heavy atom. The van der Waals surface area contributed by atoms with Crippen LogP contribution in [0.1, 0.15) is 303 Å². The Morgan fingerprint density at radius 1 is 0.308 bits per heavy atom. The Morgan fingerprint density at radius 2 is 0.585 bits per heavy atom. The fourth-order valence-electron chi connectivity index (χ4n) is 8.30. The van der Waals surface area contributed by atoms with Crippen molar-refractivity contribution in [1.82, 2.24) is 0 Å². The highest BCUT2D eigenvalue weighted by atomic mass is 16.6. The SMILES string of the molecule is CCC/C=C\C/C=C\CCCCCCCC(=O)OCC(COC(=O)CCCCCCCCC/C=C\CCCCCCCCC)OC(=O)CCCCCCCCCCCCCCCCCC. The molecule has 0 rings (SSSR count). The zero-order valence-corrected chi connectivity index (χ0v) is 43.5. The van der Waals surface area contributed by atoms with Gasteiger partial charge >= 0.3 is 17.9 Å². The van der Waals surface area contributed by atoms with Crippen molar-refractivity contribution < 1.29 is 28.6 Å². The van der Waals surface area contributed by atoms with Gasteiger partial charge in [-0.25, -0.2) is 0 Å². The first-order valence-electron chi connectivity index (χ1n) is 28.5. The first-order chi connectivity index (χ1) is 32.0. The highest BCUT2D eigenvalue weighted by Crippen LogP contribution is 2.16. The number of unbranched alkanes of at least 4 members (excludes halogenated alkanes) is 35. The van der Waals surface area contributed by atoms with Crippen LogP contribution in [0.4, 0.5) is 0 Å². The minimum Gasteiger partial charge on any atom is -0.462 e. The summed E-state index contributed by atoms with van der Waals surface area (Å²) in [6.45, 7) is 6.60. The molecule has 6 heteroatoms. The third-order valence-electron chi connectivity index (χ3n) is 12.6. The van der Waals surface area contributed by atoms with Crippen molar-refractivity contribution in [2.45, 2.75) is 309 Å². The minimum absolute atomic E-state index is 0.0756. The molecule has 0 aliphatic rings. The second kappa shape index (κ2) is 54.2. The molecule has 65 heavy (non-hydrogen) atoms. The van der Waals surface area contributed by atoms with Crippen LogP contribution >= 0.6 is 0 Å². The number of carbonyl (C=O) groups excluding carboxylic acids is 3. The second-order valence-electron chi connectivity index (χ2n) is 19.2. The van der Waals surface area contributed by atoms with Gasteiger partial charge in [-0.2, -0.15) is 0 Å². The molecule has 0 aromatic heterocycles. The van der Waals surface area contributed by atoms with Gasteiger partial charge in [-0.1, -0.05) is 250 Å². The maximum atomic E-state index is 12.8. The summed E-state index contributed by atoms with van der Waals surface area (Å²) in [6.07, 6.45) is 64.2. The Bertz CT molecular complexity index is 1090. The summed E-state index contributed by atoms with van der Waals surface area (Å²) in [5.41, 5.74) is 0. The molecule has 0 fully saturated rings. The average molecular weight is 914 g/mol. The van der Waals surface area contributed by atoms with Crippen LogP contribution in [0.15, 0.2) is 36.5 Å². The van der Waals surface area contributed by atoms with Gasteiger partial charge in [-0.05, 0) is 70.6 Å². The smallest absolute Gasteiger partial charge is 0.306 e. The third-order valence-corrected chi connectivity index (χ3v) is 12.6. The maximum absolute atomic E-state index is 12.8. The standard InChI is InChI=1S/C59H108O6/c1-4-7-10-13-16-19-22-25-27-29-30-32-34-37-40-43-46-49-52-58(61)64-55-56(54-63-57(60)51-48-45-42-39-36-33-24-21-18-15-12-9-6-3)65-59(62)53-50-47-44-41-38-35-31-28-26-23-20-17-14-11-8-5-2/h12,15,21,24,27,29,56H,4-11,13-14,16-20,22-23,25-26,28,30-55H2,1-3H3/b15-12-,24-21-,29-27-. The highest BCUT2D eigenvalue weighted by Gasteiger charge is 2.19. The molecule has 1 atom stereocenters. The van der Waals surface area contributed by atoms with Crippen molar-refractivity contribution in [2.75, 3.05) is 13.2 Å². The summed E-state index contributed by atoms with van der Waals surface area (Å²) in [4.78, 5) is 38.1. The number of carbonyl (C=O) groups is 3. The van der Waals surface area contributed by atoms with Gasteiger partial charge in [-0.15, -0.1) is 0 Å². The minimum atomic E-state index is -0.776. The first-order valence-corrected chi connectivity index (χ1v) is 28.5. The Kier molecular flexibility index (Phi) is 52.3. The molecule has 0 saturated heterocycles. The van der Waals surface area contributed by atoms with Crippen molar-refractivity contribution in [2.24, 2.45) is 0 Å². The van der Waals surface area contributed by atoms with Gasteiger partial charge in [0.1, 0.15) is 13.2 Å². The van der Waals surface area contributed by atoms with Gasteiger partial charge in [-0.3, -0.25) is 14.4 Å². The predicted octanol–water partition coefficient (Wildman–Crippen LogP) is 18.9. The van der Waals surface area contributed by atoms with Gasteiger partial charge in [0.15, 0.2) is 6.10 Å². The quantitative estimate of drug-likeness (QED) is 0.0262. The van der Waals surface area contributed by atoms with Crippen LogP contribution < -0.4 is 0 Å². The van der Waals surface area contributed by atoms with Gasteiger partial charge in [0.05, 0.1) is 0 Å². The average Bonchev–Trinajstić information content (AvgIpc) is 3.30. The van der Waals surface area contributed by atoms with Crippen molar-refractivity contribution >= 4 is 17.9 Å². The summed E-state index contributed by atoms with van der Waals surface area (Å²) in [6, 6.07) is 0. The lowest BCUT2D eigenvalue weighted by atomic mass is 10.0. The lowest BCUT2D eigenvalue weighted by Crippen LogP contribution is -2.30. The maximum Gasteiger partial charge on any atom is 0.306 e. The lowest BCUT2D eigenvalue weighted by molar-refractivity contribution is -0.167. The predicted molar refractivity (Wildman–Crippen MR) is 279 cm³/mol. The van der Waals surface area contributed by atoms with Crippen molar-refractivity contribution in [1.29, 1.82) is 0 Å². The van der Waals surface area contributed by atoms with Gasteiger partial charge in [0.25, 0.3) is 0 Å². The number of hydrogen-bond acceptors (Lipinski definition) is 6. The molecule has 380 valence electrons. The van der Waals surface area contributed by atoms with Crippen LogP contribution in [-0.4, -0.2) is 37.2 Å². The molecule has 1 unspecified atom stereocenters. The number of hydrogen-bond donors (Lipinski definition) is 0. The fraction of sp³-hybridized carbons (Fsp3) is 0.847. The summed E-state index contributed by atoms with van der Waals surface area (Å²) in [5.74, 6) is -0.878. The van der Waals surface area contributed by atoms with Gasteiger partial charge in [0.2, 0.25) is 0 Å². The van der Waals surface area contributed by atoms with E-state index in [0.29, 0.717) is 19.3 Å². The molecule has 0 aliphatic carbocycles. The molecule has 0 aromatic rings. The van der Waals surface area contributed by atoms with E-state index in [4.69, 9.17) is 14.2 Å². The van der Waals surface area contributed by atoms with Crippen LogP contribution in [0.3, 0.4) is 0 Å². The first kappa shape index (κ1) is 62.6. The van der Waals surface area contributed by atoms with E-state index in [2.05, 4.69) is 57.2 Å². The number of ether oxygens (including phenoxy) is 3. The molecule has 0 heterocycles.